The summed E-state index contributed by atoms with van der Waals surface area (Å²) in [6, 6.07) is 12.0. The molecule has 2 aromatic carbocycles. The fraction of sp³-hybridized carbons (Fsp3) is 0.364. The van der Waals surface area contributed by atoms with Crippen molar-refractivity contribution in [3.05, 3.63) is 65.5 Å². The van der Waals surface area contributed by atoms with Crippen molar-refractivity contribution in [2.45, 2.75) is 31.9 Å². The third-order valence-electron chi connectivity index (χ3n) is 4.63. The Balaban J connectivity index is 1.42. The van der Waals surface area contributed by atoms with Gasteiger partial charge in [0, 0.05) is 6.61 Å². The van der Waals surface area contributed by atoms with E-state index in [0.29, 0.717) is 17.9 Å². The summed E-state index contributed by atoms with van der Waals surface area (Å²) in [5.74, 6) is -0.737. The zero-order valence-corrected chi connectivity index (χ0v) is 16.2. The van der Waals surface area contributed by atoms with Crippen molar-refractivity contribution in [1.29, 1.82) is 0 Å². The maximum atomic E-state index is 13.0. The smallest absolute Gasteiger partial charge is 0.338 e. The second-order valence-corrected chi connectivity index (χ2v) is 6.89. The van der Waals surface area contributed by atoms with Crippen LogP contribution in [-0.4, -0.2) is 37.8 Å². The van der Waals surface area contributed by atoms with Gasteiger partial charge in [0.1, 0.15) is 18.2 Å². The van der Waals surface area contributed by atoms with E-state index in [1.54, 1.807) is 43.3 Å². The van der Waals surface area contributed by atoms with E-state index in [1.807, 2.05) is 0 Å². The molecule has 1 saturated heterocycles. The van der Waals surface area contributed by atoms with Crippen LogP contribution >= 0.6 is 0 Å². The molecule has 154 valence electrons. The highest BCUT2D eigenvalue weighted by Gasteiger charge is 2.16. The van der Waals surface area contributed by atoms with Gasteiger partial charge in [-0.25, -0.2) is 9.18 Å². The summed E-state index contributed by atoms with van der Waals surface area (Å²) in [6.45, 7) is 2.62. The lowest BCUT2D eigenvalue weighted by molar-refractivity contribution is -0.124. The molecule has 1 fully saturated rings. The Morgan fingerprint density at radius 3 is 2.55 bits per heavy atom. The van der Waals surface area contributed by atoms with E-state index >= 15 is 0 Å². The molecule has 1 amide bonds. The molecule has 0 bridgehead atoms. The maximum Gasteiger partial charge on any atom is 0.338 e. The molecule has 1 heterocycles. The number of halogens is 1. The molecule has 7 heteroatoms. The topological polar surface area (TPSA) is 73.9 Å². The van der Waals surface area contributed by atoms with Crippen molar-refractivity contribution in [3.8, 4) is 5.75 Å². The molecule has 0 spiro atoms. The van der Waals surface area contributed by atoms with Crippen LogP contribution in [0.5, 0.6) is 5.75 Å². The van der Waals surface area contributed by atoms with E-state index in [4.69, 9.17) is 14.2 Å². The van der Waals surface area contributed by atoms with Crippen molar-refractivity contribution < 1.29 is 28.2 Å². The fourth-order valence-electron chi connectivity index (χ4n) is 2.98. The number of amides is 1. The van der Waals surface area contributed by atoms with Gasteiger partial charge < -0.3 is 19.5 Å². The van der Waals surface area contributed by atoms with Crippen molar-refractivity contribution >= 4 is 11.9 Å². The quantitative estimate of drug-likeness (QED) is 0.686. The van der Waals surface area contributed by atoms with Gasteiger partial charge in [0.15, 0.2) is 6.61 Å². The SMILES string of the molecule is C[C@H](NC(=O)COC(=O)c1ccc(OC[C@H]2CCCO2)cc1)c1ccc(F)cc1. The van der Waals surface area contributed by atoms with Crippen molar-refractivity contribution in [2.75, 3.05) is 19.8 Å². The minimum atomic E-state index is -0.597. The molecule has 1 aliphatic heterocycles. The molecule has 0 unspecified atom stereocenters. The van der Waals surface area contributed by atoms with Crippen LogP contribution in [0.15, 0.2) is 48.5 Å². The standard InChI is InChI=1S/C22H24FNO5/c1-15(16-4-8-18(23)9-5-16)24-21(25)14-29-22(26)17-6-10-19(11-7-17)28-13-20-3-2-12-27-20/h4-11,15,20H,2-3,12-14H2,1H3,(H,24,25)/t15-,20+/m0/s1. The van der Waals surface area contributed by atoms with E-state index in [0.717, 1.165) is 25.0 Å². The van der Waals surface area contributed by atoms with Crippen molar-refractivity contribution in [3.63, 3.8) is 0 Å². The second-order valence-electron chi connectivity index (χ2n) is 6.89. The van der Waals surface area contributed by atoms with E-state index < -0.39 is 18.5 Å². The number of carbonyl (C=O) groups is 2. The Hall–Kier alpha value is -2.93. The Morgan fingerprint density at radius 2 is 1.90 bits per heavy atom. The second kappa shape index (κ2) is 10.0. The summed E-state index contributed by atoms with van der Waals surface area (Å²) in [5.41, 5.74) is 1.08. The van der Waals surface area contributed by atoms with Gasteiger partial charge in [0.2, 0.25) is 0 Å². The number of nitrogens with one attached hydrogen (secondary N) is 1. The molecule has 0 radical (unpaired) electrons. The molecule has 1 N–H and O–H groups in total. The summed E-state index contributed by atoms with van der Waals surface area (Å²) in [4.78, 5) is 24.1. The van der Waals surface area contributed by atoms with Crippen LogP contribution in [0, 0.1) is 5.82 Å². The molecule has 0 saturated carbocycles. The van der Waals surface area contributed by atoms with Crippen molar-refractivity contribution in [1.82, 2.24) is 5.32 Å². The molecular weight excluding hydrogens is 377 g/mol. The lowest BCUT2D eigenvalue weighted by atomic mass is 10.1. The highest BCUT2D eigenvalue weighted by atomic mass is 19.1. The highest BCUT2D eigenvalue weighted by Crippen LogP contribution is 2.17. The molecule has 2 aromatic rings. The number of rotatable bonds is 8. The number of ether oxygens (including phenoxy) is 3. The van der Waals surface area contributed by atoms with E-state index in [2.05, 4.69) is 5.32 Å². The molecule has 1 aliphatic rings. The van der Waals surface area contributed by atoms with Gasteiger partial charge in [-0.1, -0.05) is 12.1 Å². The normalized spacial score (nSPS) is 16.8. The zero-order valence-electron chi connectivity index (χ0n) is 16.2. The molecule has 0 aliphatic carbocycles. The Morgan fingerprint density at radius 1 is 1.17 bits per heavy atom. The number of carbonyl (C=O) groups excluding carboxylic acids is 2. The average molecular weight is 401 g/mol. The summed E-state index contributed by atoms with van der Waals surface area (Å²) < 4.78 is 29.2. The molecule has 0 aromatic heterocycles. The molecule has 3 rings (SSSR count). The van der Waals surface area contributed by atoms with E-state index in [-0.39, 0.29) is 18.0 Å². The molecular formula is C22H24FNO5. The largest absolute Gasteiger partial charge is 0.491 e. The predicted molar refractivity (Wildman–Crippen MR) is 104 cm³/mol. The van der Waals surface area contributed by atoms with Crippen LogP contribution in [-0.2, 0) is 14.3 Å². The number of esters is 1. The first kappa shape index (κ1) is 20.8. The van der Waals surface area contributed by atoms with Crippen LogP contribution in [0.25, 0.3) is 0 Å². The predicted octanol–water partition coefficient (Wildman–Crippen LogP) is 3.42. The summed E-state index contributed by atoms with van der Waals surface area (Å²) in [5, 5.41) is 2.70. The van der Waals surface area contributed by atoms with Crippen LogP contribution in [0.4, 0.5) is 4.39 Å². The van der Waals surface area contributed by atoms with Gasteiger partial charge in [-0.15, -0.1) is 0 Å². The van der Waals surface area contributed by atoms with Gasteiger partial charge in [0.25, 0.3) is 5.91 Å². The van der Waals surface area contributed by atoms with Gasteiger partial charge >= 0.3 is 5.97 Å². The summed E-state index contributed by atoms with van der Waals surface area (Å²) in [7, 11) is 0. The first-order chi connectivity index (χ1) is 14.0. The average Bonchev–Trinajstić information content (AvgIpc) is 3.25. The van der Waals surface area contributed by atoms with E-state index in [1.165, 1.54) is 12.1 Å². The summed E-state index contributed by atoms with van der Waals surface area (Å²) in [6.07, 6.45) is 2.16. The monoisotopic (exact) mass is 401 g/mol. The maximum absolute atomic E-state index is 13.0. The van der Waals surface area contributed by atoms with Crippen molar-refractivity contribution in [2.24, 2.45) is 0 Å². The van der Waals surface area contributed by atoms with Gasteiger partial charge in [-0.3, -0.25) is 4.79 Å². The highest BCUT2D eigenvalue weighted by molar-refractivity contribution is 5.91. The summed E-state index contributed by atoms with van der Waals surface area (Å²) >= 11 is 0. The number of hydrogen-bond acceptors (Lipinski definition) is 5. The first-order valence-corrected chi connectivity index (χ1v) is 9.57. The molecule has 2 atom stereocenters. The van der Waals surface area contributed by atoms with Gasteiger partial charge in [0.05, 0.1) is 17.7 Å². The third kappa shape index (κ3) is 6.29. The van der Waals surface area contributed by atoms with E-state index in [9.17, 15) is 14.0 Å². The lowest BCUT2D eigenvalue weighted by Crippen LogP contribution is -2.31. The van der Waals surface area contributed by atoms with Crippen LogP contribution in [0.1, 0.15) is 41.7 Å². The fourth-order valence-corrected chi connectivity index (χ4v) is 2.98. The molecule has 29 heavy (non-hydrogen) atoms. The Labute approximate surface area is 169 Å². The van der Waals surface area contributed by atoms with Crippen LogP contribution in [0.3, 0.4) is 0 Å². The minimum Gasteiger partial charge on any atom is -0.491 e. The van der Waals surface area contributed by atoms with Gasteiger partial charge in [-0.05, 0) is 61.7 Å². The Kier molecular flexibility index (Phi) is 7.19. The lowest BCUT2D eigenvalue weighted by Gasteiger charge is -2.14. The van der Waals surface area contributed by atoms with Gasteiger partial charge in [-0.2, -0.15) is 0 Å². The molecule has 6 nitrogen and oxygen atoms in total. The zero-order chi connectivity index (χ0) is 20.6. The van der Waals surface area contributed by atoms with Crippen LogP contribution < -0.4 is 10.1 Å². The minimum absolute atomic E-state index is 0.121. The van der Waals surface area contributed by atoms with Crippen LogP contribution in [0.2, 0.25) is 0 Å². The number of benzene rings is 2. The first-order valence-electron chi connectivity index (χ1n) is 9.57. The number of hydrogen-bond donors (Lipinski definition) is 1. The Bertz CT molecular complexity index is 816. The third-order valence-corrected chi connectivity index (χ3v) is 4.63.